The van der Waals surface area contributed by atoms with Gasteiger partial charge in [-0.15, -0.1) is 0 Å². The molecule has 4 nitrogen and oxygen atoms in total. The zero-order valence-corrected chi connectivity index (χ0v) is 12.8. The van der Waals surface area contributed by atoms with Gasteiger partial charge in [-0.05, 0) is 44.7 Å². The van der Waals surface area contributed by atoms with Crippen LogP contribution in [0.25, 0.3) is 0 Å². The van der Waals surface area contributed by atoms with E-state index >= 15 is 0 Å². The maximum Gasteiger partial charge on any atom is 0.136 e. The second-order valence-corrected chi connectivity index (χ2v) is 5.65. The Morgan fingerprint density at radius 2 is 1.76 bits per heavy atom. The van der Waals surface area contributed by atoms with Crippen molar-refractivity contribution in [3.63, 3.8) is 0 Å². The summed E-state index contributed by atoms with van der Waals surface area (Å²) in [6.07, 6.45) is 3.84. The molecule has 3 rings (SSSR count). The lowest BCUT2D eigenvalue weighted by Gasteiger charge is -2.28. The number of nitrogens with one attached hydrogen (secondary N) is 1. The van der Waals surface area contributed by atoms with Crippen LogP contribution < -0.4 is 10.2 Å². The lowest BCUT2D eigenvalue weighted by molar-refractivity contribution is 0.572. The Hall–Kier alpha value is -2.10. The molecule has 0 atom stereocenters. The molecule has 110 valence electrons. The molecule has 1 N–H and O–H groups in total. The molecule has 0 aliphatic carbocycles. The highest BCUT2D eigenvalue weighted by Gasteiger charge is 2.14. The van der Waals surface area contributed by atoms with Crippen molar-refractivity contribution in [1.29, 1.82) is 0 Å². The fraction of sp³-hybridized carbons (Fsp3) is 0.412. The van der Waals surface area contributed by atoms with Gasteiger partial charge in [-0.1, -0.05) is 18.2 Å². The second-order valence-electron chi connectivity index (χ2n) is 5.65. The van der Waals surface area contributed by atoms with Gasteiger partial charge in [-0.3, -0.25) is 0 Å². The van der Waals surface area contributed by atoms with Crippen molar-refractivity contribution in [3.05, 3.63) is 41.7 Å². The summed E-state index contributed by atoms with van der Waals surface area (Å²) in [6.45, 7) is 6.25. The summed E-state index contributed by atoms with van der Waals surface area (Å²) in [5.41, 5.74) is 2.31. The molecule has 4 heteroatoms. The number of hydrogen-bond acceptors (Lipinski definition) is 4. The molecule has 1 aliphatic heterocycles. The zero-order chi connectivity index (χ0) is 14.7. The topological polar surface area (TPSA) is 41.1 Å². The van der Waals surface area contributed by atoms with Crippen molar-refractivity contribution in [2.24, 2.45) is 0 Å². The Morgan fingerprint density at radius 1 is 1.00 bits per heavy atom. The molecule has 2 heterocycles. The van der Waals surface area contributed by atoms with E-state index in [1.807, 2.05) is 19.1 Å². The third kappa shape index (κ3) is 3.32. The van der Waals surface area contributed by atoms with E-state index in [1.54, 1.807) is 0 Å². The first-order chi connectivity index (χ1) is 10.2. The van der Waals surface area contributed by atoms with Crippen LogP contribution in [0.2, 0.25) is 0 Å². The maximum absolute atomic E-state index is 4.60. The standard InChI is InChI=1S/C17H22N4/c1-13-8-4-5-9-15(13)20-16-12-17(19-14(2)18-16)21-10-6-3-7-11-21/h4-5,8-9,12H,3,6-7,10-11H2,1-2H3,(H,18,19,20). The van der Waals surface area contributed by atoms with Gasteiger partial charge in [-0.25, -0.2) is 9.97 Å². The molecule has 1 fully saturated rings. The molecule has 0 unspecified atom stereocenters. The van der Waals surface area contributed by atoms with Crippen LogP contribution in [0, 0.1) is 13.8 Å². The van der Waals surface area contributed by atoms with Crippen LogP contribution in [0.15, 0.2) is 30.3 Å². The summed E-state index contributed by atoms with van der Waals surface area (Å²) in [5.74, 6) is 2.73. The second kappa shape index (κ2) is 6.12. The highest BCUT2D eigenvalue weighted by Crippen LogP contribution is 2.23. The predicted octanol–water partition coefficient (Wildman–Crippen LogP) is 3.83. The van der Waals surface area contributed by atoms with Crippen molar-refractivity contribution in [2.75, 3.05) is 23.3 Å². The largest absolute Gasteiger partial charge is 0.356 e. The molecular formula is C17H22N4. The van der Waals surface area contributed by atoms with Gasteiger partial charge in [0.05, 0.1) is 0 Å². The molecule has 1 aromatic carbocycles. The molecule has 1 aliphatic rings. The molecule has 0 amide bonds. The minimum atomic E-state index is 0.814. The van der Waals surface area contributed by atoms with Crippen molar-refractivity contribution < 1.29 is 0 Å². The quantitative estimate of drug-likeness (QED) is 0.929. The first-order valence-electron chi connectivity index (χ1n) is 7.66. The Bertz CT molecular complexity index is 618. The normalized spacial score (nSPS) is 15.0. The summed E-state index contributed by atoms with van der Waals surface area (Å²) in [4.78, 5) is 11.5. The van der Waals surface area contributed by atoms with E-state index in [4.69, 9.17) is 0 Å². The minimum Gasteiger partial charge on any atom is -0.356 e. The number of benzene rings is 1. The number of para-hydroxylation sites is 1. The van der Waals surface area contributed by atoms with Crippen LogP contribution in [0.1, 0.15) is 30.7 Å². The third-order valence-corrected chi connectivity index (χ3v) is 3.91. The predicted molar refractivity (Wildman–Crippen MR) is 87.3 cm³/mol. The Kier molecular flexibility index (Phi) is 4.04. The number of nitrogens with zero attached hydrogens (tertiary/aromatic N) is 3. The maximum atomic E-state index is 4.60. The van der Waals surface area contributed by atoms with Gasteiger partial charge in [0.15, 0.2) is 0 Å². The van der Waals surface area contributed by atoms with Gasteiger partial charge >= 0.3 is 0 Å². The third-order valence-electron chi connectivity index (χ3n) is 3.91. The van der Waals surface area contributed by atoms with E-state index in [1.165, 1.54) is 24.8 Å². The van der Waals surface area contributed by atoms with Gasteiger partial charge in [-0.2, -0.15) is 0 Å². The summed E-state index contributed by atoms with van der Waals surface area (Å²) in [5, 5.41) is 3.41. The average Bonchev–Trinajstić information content (AvgIpc) is 2.50. The molecule has 21 heavy (non-hydrogen) atoms. The number of anilines is 3. The first kappa shape index (κ1) is 13.9. The van der Waals surface area contributed by atoms with Crippen LogP contribution in [0.5, 0.6) is 0 Å². The summed E-state index contributed by atoms with van der Waals surface area (Å²) in [7, 11) is 0. The van der Waals surface area contributed by atoms with Crippen LogP contribution in [-0.2, 0) is 0 Å². The van der Waals surface area contributed by atoms with Gasteiger partial charge in [0, 0.05) is 24.8 Å². The van der Waals surface area contributed by atoms with Crippen LogP contribution in [0.4, 0.5) is 17.3 Å². The molecule has 1 saturated heterocycles. The highest BCUT2D eigenvalue weighted by atomic mass is 15.2. The molecular weight excluding hydrogens is 260 g/mol. The fourth-order valence-electron chi connectivity index (χ4n) is 2.75. The van der Waals surface area contributed by atoms with E-state index in [0.717, 1.165) is 36.2 Å². The van der Waals surface area contributed by atoms with Gasteiger partial charge in [0.1, 0.15) is 17.5 Å². The summed E-state index contributed by atoms with van der Waals surface area (Å²) < 4.78 is 0. The molecule has 2 aromatic rings. The van der Waals surface area contributed by atoms with E-state index in [9.17, 15) is 0 Å². The van der Waals surface area contributed by atoms with Crippen LogP contribution in [-0.4, -0.2) is 23.1 Å². The fourth-order valence-corrected chi connectivity index (χ4v) is 2.75. The number of rotatable bonds is 3. The number of aryl methyl sites for hydroxylation is 2. The highest BCUT2D eigenvalue weighted by molar-refractivity contribution is 5.62. The lowest BCUT2D eigenvalue weighted by Crippen LogP contribution is -2.30. The van der Waals surface area contributed by atoms with Crippen molar-refractivity contribution in [3.8, 4) is 0 Å². The first-order valence-corrected chi connectivity index (χ1v) is 7.66. The van der Waals surface area contributed by atoms with Gasteiger partial charge in [0.25, 0.3) is 0 Å². The van der Waals surface area contributed by atoms with Crippen molar-refractivity contribution >= 4 is 17.3 Å². The summed E-state index contributed by atoms with van der Waals surface area (Å²) in [6, 6.07) is 10.3. The zero-order valence-electron chi connectivity index (χ0n) is 12.8. The number of piperidine rings is 1. The number of aromatic nitrogens is 2. The molecule has 0 bridgehead atoms. The number of hydrogen-bond donors (Lipinski definition) is 1. The van der Waals surface area contributed by atoms with E-state index in [-0.39, 0.29) is 0 Å². The molecule has 0 spiro atoms. The van der Waals surface area contributed by atoms with E-state index < -0.39 is 0 Å². The van der Waals surface area contributed by atoms with Crippen molar-refractivity contribution in [1.82, 2.24) is 9.97 Å². The average molecular weight is 282 g/mol. The monoisotopic (exact) mass is 282 g/mol. The lowest BCUT2D eigenvalue weighted by atomic mass is 10.1. The van der Waals surface area contributed by atoms with Crippen LogP contribution in [0.3, 0.4) is 0 Å². The SMILES string of the molecule is Cc1nc(Nc2ccccc2C)cc(N2CCCCC2)n1. The Morgan fingerprint density at radius 3 is 2.52 bits per heavy atom. The molecule has 0 saturated carbocycles. The van der Waals surface area contributed by atoms with Gasteiger partial charge in [0.2, 0.25) is 0 Å². The smallest absolute Gasteiger partial charge is 0.136 e. The Labute approximate surface area is 126 Å². The summed E-state index contributed by atoms with van der Waals surface area (Å²) >= 11 is 0. The van der Waals surface area contributed by atoms with Crippen LogP contribution >= 0.6 is 0 Å². The van der Waals surface area contributed by atoms with Gasteiger partial charge < -0.3 is 10.2 Å². The van der Waals surface area contributed by atoms with E-state index in [0.29, 0.717) is 0 Å². The molecule has 0 radical (unpaired) electrons. The molecule has 1 aromatic heterocycles. The van der Waals surface area contributed by atoms with Crippen molar-refractivity contribution in [2.45, 2.75) is 33.1 Å². The Balaban J connectivity index is 1.85. The van der Waals surface area contributed by atoms with E-state index in [2.05, 4.69) is 45.3 Å². The minimum absolute atomic E-state index is 0.814.